The number of guanidine groups is 1. The van der Waals surface area contributed by atoms with Crippen LogP contribution in [0.4, 0.5) is 5.69 Å². The van der Waals surface area contributed by atoms with Gasteiger partial charge in [-0.15, -0.1) is 0 Å². The lowest BCUT2D eigenvalue weighted by Gasteiger charge is -2.08. The average molecular weight is 386 g/mol. The highest BCUT2D eigenvalue weighted by molar-refractivity contribution is 6.33. The van der Waals surface area contributed by atoms with Crippen LogP contribution in [0.1, 0.15) is 12.0 Å². The molecule has 27 heavy (non-hydrogen) atoms. The smallest absolute Gasteiger partial charge is 0.252 e. The Morgan fingerprint density at radius 1 is 1.26 bits per heavy atom. The number of aromatic hydroxyl groups is 1. The molecule has 1 atom stereocenters. The molecule has 4 N–H and O–H groups in total. The Hall–Kier alpha value is -3.39. The van der Waals surface area contributed by atoms with Gasteiger partial charge in [0.25, 0.3) is 5.91 Å². The number of anilines is 1. The summed E-state index contributed by atoms with van der Waals surface area (Å²) < 4.78 is 0. The van der Waals surface area contributed by atoms with Crippen LogP contribution < -0.4 is 16.1 Å². The van der Waals surface area contributed by atoms with E-state index in [0.717, 1.165) is 5.56 Å². The molecule has 138 valence electrons. The third kappa shape index (κ3) is 5.05. The number of hydrogen-bond acceptors (Lipinski definition) is 6. The molecule has 0 aromatic heterocycles. The number of halogens is 1. The van der Waals surface area contributed by atoms with E-state index >= 15 is 0 Å². The number of aliphatic imine (C=N–C) groups is 1. The van der Waals surface area contributed by atoms with Gasteiger partial charge in [-0.25, -0.2) is 10.4 Å². The minimum absolute atomic E-state index is 0.121. The number of amides is 2. The maximum Gasteiger partial charge on any atom is 0.252 e. The Balaban J connectivity index is 1.55. The van der Waals surface area contributed by atoms with E-state index in [2.05, 4.69) is 26.2 Å². The highest BCUT2D eigenvalue weighted by atomic mass is 35.5. The maximum absolute atomic E-state index is 12.1. The van der Waals surface area contributed by atoms with Crippen molar-refractivity contribution in [1.29, 1.82) is 0 Å². The van der Waals surface area contributed by atoms with Crippen molar-refractivity contribution < 1.29 is 14.7 Å². The number of hydrazone groups is 1. The largest absolute Gasteiger partial charge is 0.508 e. The molecule has 0 aliphatic carbocycles. The molecule has 0 spiro atoms. The first-order chi connectivity index (χ1) is 13.0. The standard InChI is InChI=1S/C18H16ClN5O3/c19-13-3-1-2-4-14(13)21-16(26)9-15-17(27)23-18(22-15)24-20-10-11-5-7-12(25)8-6-11/h1-8,10,15,25H,9H2,(H,21,26)(H2,22,23,24,27)/b20-10-/t15-/m1/s1. The van der Waals surface area contributed by atoms with Gasteiger partial charge in [0.15, 0.2) is 0 Å². The predicted octanol–water partition coefficient (Wildman–Crippen LogP) is 1.85. The Morgan fingerprint density at radius 3 is 2.74 bits per heavy atom. The van der Waals surface area contributed by atoms with Crippen molar-refractivity contribution >= 4 is 41.3 Å². The van der Waals surface area contributed by atoms with E-state index in [1.165, 1.54) is 18.3 Å². The number of hydrogen-bond donors (Lipinski definition) is 4. The van der Waals surface area contributed by atoms with Crippen LogP contribution in [0.5, 0.6) is 5.75 Å². The zero-order valence-electron chi connectivity index (χ0n) is 14.0. The third-order valence-corrected chi connectivity index (χ3v) is 3.96. The summed E-state index contributed by atoms with van der Waals surface area (Å²) in [7, 11) is 0. The summed E-state index contributed by atoms with van der Waals surface area (Å²) in [6.07, 6.45) is 1.38. The van der Waals surface area contributed by atoms with Crippen LogP contribution in [-0.4, -0.2) is 35.1 Å². The number of nitrogens with one attached hydrogen (secondary N) is 3. The molecule has 0 fully saturated rings. The van der Waals surface area contributed by atoms with Crippen LogP contribution in [0.25, 0.3) is 0 Å². The second-order valence-electron chi connectivity index (χ2n) is 5.68. The highest BCUT2D eigenvalue weighted by Gasteiger charge is 2.28. The van der Waals surface area contributed by atoms with Gasteiger partial charge < -0.3 is 10.4 Å². The van der Waals surface area contributed by atoms with Gasteiger partial charge in [0, 0.05) is 0 Å². The van der Waals surface area contributed by atoms with E-state index in [-0.39, 0.29) is 24.0 Å². The monoisotopic (exact) mass is 385 g/mol. The molecular formula is C18H16ClN5O3. The SMILES string of the molecule is O=C(C[C@H]1N=C(N/N=C\c2ccc(O)cc2)NC1=O)Nc1ccccc1Cl. The van der Waals surface area contributed by atoms with Crippen molar-refractivity contribution in [2.75, 3.05) is 5.32 Å². The summed E-state index contributed by atoms with van der Waals surface area (Å²) in [6, 6.07) is 12.4. The Morgan fingerprint density at radius 2 is 2.00 bits per heavy atom. The van der Waals surface area contributed by atoms with Gasteiger partial charge in [0.2, 0.25) is 11.9 Å². The second kappa shape index (κ2) is 8.33. The molecule has 1 aliphatic heterocycles. The fourth-order valence-corrected chi connectivity index (χ4v) is 2.49. The first kappa shape index (κ1) is 18.4. The zero-order chi connectivity index (χ0) is 19.2. The van der Waals surface area contributed by atoms with E-state index in [9.17, 15) is 14.7 Å². The molecule has 1 aliphatic rings. The number of carbonyl (C=O) groups is 2. The zero-order valence-corrected chi connectivity index (χ0v) is 14.8. The summed E-state index contributed by atoms with van der Waals surface area (Å²) in [5, 5.41) is 18.8. The molecule has 2 aromatic carbocycles. The fraction of sp³-hybridized carbons (Fsp3) is 0.111. The predicted molar refractivity (Wildman–Crippen MR) is 103 cm³/mol. The van der Waals surface area contributed by atoms with Crippen molar-refractivity contribution in [2.45, 2.75) is 12.5 Å². The minimum atomic E-state index is -0.848. The third-order valence-electron chi connectivity index (χ3n) is 3.63. The molecule has 8 nitrogen and oxygen atoms in total. The molecular weight excluding hydrogens is 370 g/mol. The first-order valence-corrected chi connectivity index (χ1v) is 8.40. The second-order valence-corrected chi connectivity index (χ2v) is 6.08. The molecule has 2 amide bonds. The maximum atomic E-state index is 12.1. The lowest BCUT2D eigenvalue weighted by molar-refractivity contribution is -0.123. The van der Waals surface area contributed by atoms with Crippen LogP contribution in [0.2, 0.25) is 5.02 Å². The van der Waals surface area contributed by atoms with Gasteiger partial charge in [0.1, 0.15) is 11.8 Å². The number of phenolic OH excluding ortho intramolecular Hbond substituents is 1. The molecule has 0 radical (unpaired) electrons. The quantitative estimate of drug-likeness (QED) is 0.464. The average Bonchev–Trinajstić information content (AvgIpc) is 2.98. The lowest BCUT2D eigenvalue weighted by atomic mass is 10.2. The van der Waals surface area contributed by atoms with Crippen molar-refractivity contribution in [1.82, 2.24) is 10.7 Å². The first-order valence-electron chi connectivity index (χ1n) is 8.02. The molecule has 0 unspecified atom stereocenters. The molecule has 2 aromatic rings. The topological polar surface area (TPSA) is 115 Å². The van der Waals surface area contributed by atoms with Gasteiger partial charge >= 0.3 is 0 Å². The molecule has 0 saturated carbocycles. The summed E-state index contributed by atoms with van der Waals surface area (Å²) in [5.41, 5.74) is 3.84. The molecule has 1 heterocycles. The van der Waals surface area contributed by atoms with Crippen LogP contribution in [-0.2, 0) is 9.59 Å². The van der Waals surface area contributed by atoms with Gasteiger partial charge in [-0.1, -0.05) is 23.7 Å². The molecule has 3 rings (SSSR count). The van der Waals surface area contributed by atoms with Crippen LogP contribution in [0, 0.1) is 0 Å². The Labute approximate surface area is 160 Å². The fourth-order valence-electron chi connectivity index (χ4n) is 2.31. The summed E-state index contributed by atoms with van der Waals surface area (Å²) in [5.74, 6) is -0.455. The van der Waals surface area contributed by atoms with Crippen LogP contribution >= 0.6 is 11.6 Å². The van der Waals surface area contributed by atoms with E-state index < -0.39 is 11.9 Å². The molecule has 9 heteroatoms. The van der Waals surface area contributed by atoms with Crippen molar-refractivity contribution in [3.05, 3.63) is 59.1 Å². The number of phenols is 1. The van der Waals surface area contributed by atoms with Gasteiger partial charge in [-0.3, -0.25) is 14.9 Å². The number of rotatable bonds is 5. The Kier molecular flexibility index (Phi) is 5.68. The van der Waals surface area contributed by atoms with Crippen LogP contribution in [0.15, 0.2) is 58.6 Å². The number of benzene rings is 2. The lowest BCUT2D eigenvalue weighted by Crippen LogP contribution is -2.35. The number of nitrogens with zero attached hydrogens (tertiary/aromatic N) is 2. The Bertz CT molecular complexity index is 911. The van der Waals surface area contributed by atoms with Crippen LogP contribution in [0.3, 0.4) is 0 Å². The number of carbonyl (C=O) groups excluding carboxylic acids is 2. The van der Waals surface area contributed by atoms with E-state index in [0.29, 0.717) is 10.7 Å². The van der Waals surface area contributed by atoms with E-state index in [1.54, 1.807) is 36.4 Å². The summed E-state index contributed by atoms with van der Waals surface area (Å²) in [6.45, 7) is 0. The van der Waals surface area contributed by atoms with Crippen molar-refractivity contribution in [3.8, 4) is 5.75 Å². The van der Waals surface area contributed by atoms with Crippen molar-refractivity contribution in [3.63, 3.8) is 0 Å². The molecule has 0 bridgehead atoms. The highest BCUT2D eigenvalue weighted by Crippen LogP contribution is 2.21. The van der Waals surface area contributed by atoms with Gasteiger partial charge in [-0.05, 0) is 42.0 Å². The van der Waals surface area contributed by atoms with Gasteiger partial charge in [-0.2, -0.15) is 5.10 Å². The summed E-state index contributed by atoms with van der Waals surface area (Å²) >= 11 is 5.99. The van der Waals surface area contributed by atoms with E-state index in [1.807, 2.05) is 0 Å². The van der Waals surface area contributed by atoms with Crippen molar-refractivity contribution in [2.24, 2.45) is 10.1 Å². The number of para-hydroxylation sites is 1. The normalized spacial score (nSPS) is 16.1. The van der Waals surface area contributed by atoms with E-state index in [4.69, 9.17) is 11.6 Å². The van der Waals surface area contributed by atoms with Gasteiger partial charge in [0.05, 0.1) is 23.3 Å². The minimum Gasteiger partial charge on any atom is -0.508 e. The summed E-state index contributed by atoms with van der Waals surface area (Å²) in [4.78, 5) is 28.2. The molecule has 0 saturated heterocycles.